The quantitative estimate of drug-likeness (QED) is 0.233. The van der Waals surface area contributed by atoms with Crippen LogP contribution < -0.4 is 10.1 Å². The van der Waals surface area contributed by atoms with Gasteiger partial charge < -0.3 is 15.2 Å². The molecule has 7 nitrogen and oxygen atoms in total. The molecule has 0 spiro atoms. The molecule has 242 valence electrons. The first-order valence-electron chi connectivity index (χ1n) is 13.0. The lowest BCUT2D eigenvalue weighted by Gasteiger charge is -2.31. The Morgan fingerprint density at radius 2 is 1.45 bits per heavy atom. The maximum atomic E-state index is 14.0. The van der Waals surface area contributed by atoms with Gasteiger partial charge in [0.2, 0.25) is 17.3 Å². The molecule has 0 bridgehead atoms. The summed E-state index contributed by atoms with van der Waals surface area (Å²) in [6.07, 6.45) is -12.9. The Kier molecular flexibility index (Phi) is 12.0. The first-order chi connectivity index (χ1) is 20.1. The minimum atomic E-state index is -5.55. The van der Waals surface area contributed by atoms with Crippen LogP contribution in [0.15, 0.2) is 42.5 Å². The molecule has 1 unspecified atom stereocenters. The minimum absolute atomic E-state index is 0.0623. The van der Waals surface area contributed by atoms with Crippen LogP contribution in [-0.2, 0) is 24.8 Å². The Morgan fingerprint density at radius 3 is 1.91 bits per heavy atom. The number of carbonyl (C=O) groups excluding carboxylic acids is 4. The van der Waals surface area contributed by atoms with Crippen LogP contribution in [0.2, 0.25) is 10.0 Å². The van der Waals surface area contributed by atoms with Crippen LogP contribution in [0.1, 0.15) is 50.8 Å². The van der Waals surface area contributed by atoms with Gasteiger partial charge in [0.15, 0.2) is 11.6 Å². The van der Waals surface area contributed by atoms with Crippen LogP contribution in [0.4, 0.5) is 26.3 Å². The molecule has 0 aliphatic carbocycles. The first kappa shape index (κ1) is 37.0. The number of rotatable bonds is 13. The molecule has 15 heteroatoms. The van der Waals surface area contributed by atoms with E-state index in [2.05, 4.69) is 5.32 Å². The number of halogens is 8. The monoisotopic (exact) mass is 671 g/mol. The highest BCUT2D eigenvalue weighted by Crippen LogP contribution is 2.42. The maximum absolute atomic E-state index is 14.0. The second kappa shape index (κ2) is 14.3. The van der Waals surface area contributed by atoms with Gasteiger partial charge in [0.25, 0.3) is 0 Å². The van der Waals surface area contributed by atoms with Crippen LogP contribution >= 0.6 is 23.2 Å². The molecule has 0 heterocycles. The Hall–Kier alpha value is -3.16. The van der Waals surface area contributed by atoms with Gasteiger partial charge in [0, 0.05) is 30.2 Å². The molecule has 0 aliphatic heterocycles. The van der Waals surface area contributed by atoms with Crippen LogP contribution in [0.5, 0.6) is 5.75 Å². The van der Waals surface area contributed by atoms with Gasteiger partial charge in [-0.25, -0.2) is 0 Å². The first-order valence-corrected chi connectivity index (χ1v) is 13.8. The predicted octanol–water partition coefficient (Wildman–Crippen LogP) is 6.57. The van der Waals surface area contributed by atoms with Crippen molar-refractivity contribution < 1.29 is 55.4 Å². The second-order valence-electron chi connectivity index (χ2n) is 10.5. The number of nitrogens with one attached hydrogen (secondary N) is 1. The lowest BCUT2D eigenvalue weighted by Crippen LogP contribution is -2.50. The lowest BCUT2D eigenvalue weighted by molar-refractivity contribution is -0.256. The molecule has 2 aromatic rings. The van der Waals surface area contributed by atoms with Crippen molar-refractivity contribution in [2.45, 2.75) is 57.6 Å². The SMILES string of the molecule is COc1ccc([C@H](NC(=O)[C@H](C)CC(=O)C(O)(c2ccc(Cl)c(Cl)c2)C(F)(F)F)C(=O)C[C@H](C(=O)C(F)(F)F)C(C)C)cc1. The van der Waals surface area contributed by atoms with Gasteiger partial charge in [-0.15, -0.1) is 0 Å². The van der Waals surface area contributed by atoms with Crippen LogP contribution in [0.25, 0.3) is 0 Å². The minimum Gasteiger partial charge on any atom is -0.497 e. The van der Waals surface area contributed by atoms with Crippen molar-refractivity contribution in [1.82, 2.24) is 5.32 Å². The number of benzene rings is 2. The third-order valence-electron chi connectivity index (χ3n) is 6.99. The summed E-state index contributed by atoms with van der Waals surface area (Å²) < 4.78 is 86.8. The number of alkyl halides is 6. The molecule has 2 N–H and O–H groups in total. The number of amides is 1. The topological polar surface area (TPSA) is 110 Å². The van der Waals surface area contributed by atoms with Crippen molar-refractivity contribution in [2.75, 3.05) is 7.11 Å². The summed E-state index contributed by atoms with van der Waals surface area (Å²) in [6, 6.07) is 6.11. The molecule has 1 amide bonds. The van der Waals surface area contributed by atoms with Gasteiger partial charge in [-0.3, -0.25) is 19.2 Å². The molecular weight excluding hydrogens is 643 g/mol. The van der Waals surface area contributed by atoms with E-state index in [0.717, 1.165) is 19.1 Å². The average molecular weight is 672 g/mol. The highest BCUT2D eigenvalue weighted by atomic mass is 35.5. The summed E-state index contributed by atoms with van der Waals surface area (Å²) >= 11 is 11.5. The standard InChI is InChI=1S/C29H29Cl2F6NO6/c1-14(2)19(25(41)28(32,33)34)13-22(39)24(16-5-8-18(44-4)9-6-16)38-26(42)15(3)11-23(40)27(43,29(35,36)37)17-7-10-20(30)21(31)12-17/h5-10,12,14-15,19,24,43H,11,13H2,1-4H3,(H,38,42)/t15-,19+,24+,27?/m1/s1. The number of ketones is 3. The summed E-state index contributed by atoms with van der Waals surface area (Å²) in [6.45, 7) is 3.68. The van der Waals surface area contributed by atoms with E-state index < -0.39 is 83.4 Å². The summed E-state index contributed by atoms with van der Waals surface area (Å²) in [7, 11) is 1.34. The van der Waals surface area contributed by atoms with Crippen LogP contribution in [-0.4, -0.2) is 47.8 Å². The van der Waals surface area contributed by atoms with Gasteiger partial charge in [-0.2, -0.15) is 26.3 Å². The maximum Gasteiger partial charge on any atom is 0.450 e. The van der Waals surface area contributed by atoms with E-state index in [1.807, 2.05) is 0 Å². The van der Waals surface area contributed by atoms with Crippen molar-refractivity contribution in [3.05, 3.63) is 63.6 Å². The molecule has 0 saturated heterocycles. The zero-order valence-electron chi connectivity index (χ0n) is 23.8. The Labute approximate surface area is 258 Å². The third-order valence-corrected chi connectivity index (χ3v) is 7.73. The summed E-state index contributed by atoms with van der Waals surface area (Å²) in [4.78, 5) is 51.4. The van der Waals surface area contributed by atoms with E-state index in [1.165, 1.54) is 45.2 Å². The van der Waals surface area contributed by atoms with Crippen molar-refractivity contribution in [3.63, 3.8) is 0 Å². The van der Waals surface area contributed by atoms with E-state index >= 15 is 0 Å². The molecule has 0 radical (unpaired) electrons. The van der Waals surface area contributed by atoms with Gasteiger partial charge in [0.1, 0.15) is 11.8 Å². The number of aliphatic hydroxyl groups is 1. The van der Waals surface area contributed by atoms with E-state index in [1.54, 1.807) is 0 Å². The number of hydrogen-bond acceptors (Lipinski definition) is 6. The molecule has 2 rings (SSSR count). The molecular formula is C29H29Cl2F6NO6. The van der Waals surface area contributed by atoms with Gasteiger partial charge in [-0.1, -0.05) is 62.2 Å². The largest absolute Gasteiger partial charge is 0.497 e. The van der Waals surface area contributed by atoms with Crippen molar-refractivity contribution in [2.24, 2.45) is 17.8 Å². The van der Waals surface area contributed by atoms with Gasteiger partial charge in [-0.05, 0) is 35.7 Å². The summed E-state index contributed by atoms with van der Waals surface area (Å²) in [5.74, 6) is -10.0. The number of ether oxygens (including phenoxy) is 1. The number of methoxy groups -OCH3 is 1. The lowest BCUT2D eigenvalue weighted by atomic mass is 9.83. The molecule has 0 fully saturated rings. The fourth-order valence-electron chi connectivity index (χ4n) is 4.33. The van der Waals surface area contributed by atoms with E-state index in [9.17, 15) is 50.6 Å². The number of carbonyl (C=O) groups is 4. The van der Waals surface area contributed by atoms with Crippen LogP contribution in [0.3, 0.4) is 0 Å². The smallest absolute Gasteiger partial charge is 0.450 e. The van der Waals surface area contributed by atoms with Gasteiger partial charge >= 0.3 is 12.4 Å². The molecule has 0 aliphatic rings. The average Bonchev–Trinajstić information content (AvgIpc) is 2.93. The van der Waals surface area contributed by atoms with Crippen molar-refractivity contribution >= 4 is 46.5 Å². The third kappa shape index (κ3) is 8.51. The predicted molar refractivity (Wildman–Crippen MR) is 148 cm³/mol. The molecule has 0 saturated carbocycles. The van der Waals surface area contributed by atoms with Crippen LogP contribution in [0, 0.1) is 17.8 Å². The number of hydrogen-bond donors (Lipinski definition) is 2. The van der Waals surface area contributed by atoms with Crippen molar-refractivity contribution in [3.8, 4) is 5.75 Å². The van der Waals surface area contributed by atoms with E-state index in [4.69, 9.17) is 27.9 Å². The highest BCUT2D eigenvalue weighted by Gasteiger charge is 2.60. The molecule has 4 atom stereocenters. The summed E-state index contributed by atoms with van der Waals surface area (Å²) in [5.41, 5.74) is -4.96. The van der Waals surface area contributed by atoms with Crippen molar-refractivity contribution in [1.29, 1.82) is 0 Å². The Bertz CT molecular complexity index is 1380. The fraction of sp³-hybridized carbons (Fsp3) is 0.448. The zero-order chi connectivity index (χ0) is 33.8. The summed E-state index contributed by atoms with van der Waals surface area (Å²) in [5, 5.41) is 12.3. The molecule has 0 aromatic heterocycles. The molecule has 2 aromatic carbocycles. The Morgan fingerprint density at radius 1 is 0.886 bits per heavy atom. The normalized spacial score (nSPS) is 15.6. The molecule has 44 heavy (non-hydrogen) atoms. The second-order valence-corrected chi connectivity index (χ2v) is 11.3. The van der Waals surface area contributed by atoms with Gasteiger partial charge in [0.05, 0.1) is 17.2 Å². The Balaban J connectivity index is 2.40. The fourth-order valence-corrected chi connectivity index (χ4v) is 4.63. The zero-order valence-corrected chi connectivity index (χ0v) is 25.3. The number of Topliss-reactive ketones (excluding diaryl/α,β-unsaturated/α-hetero) is 3. The highest BCUT2D eigenvalue weighted by molar-refractivity contribution is 6.42. The van der Waals surface area contributed by atoms with E-state index in [-0.39, 0.29) is 15.6 Å². The van der Waals surface area contributed by atoms with E-state index in [0.29, 0.717) is 11.8 Å².